The molecule has 0 amide bonds. The molecule has 1 rings (SSSR count). The van der Waals surface area contributed by atoms with Crippen LogP contribution in [0.3, 0.4) is 0 Å². The first kappa shape index (κ1) is 9.71. The molecule has 1 nitrogen and oxygen atoms in total. The van der Waals surface area contributed by atoms with E-state index in [0.717, 1.165) is 19.0 Å². The zero-order chi connectivity index (χ0) is 8.43. The van der Waals surface area contributed by atoms with Crippen molar-refractivity contribution in [3.63, 3.8) is 0 Å². The smallest absolute Gasteiger partial charge is 0.0459 e. The summed E-state index contributed by atoms with van der Waals surface area (Å²) in [6.07, 6.45) is 0. The average Bonchev–Trinajstić information content (AvgIpc) is 1.99. The van der Waals surface area contributed by atoms with Gasteiger partial charge in [0.15, 0.2) is 0 Å². The monoisotopic (exact) mass is 341 g/mol. The van der Waals surface area contributed by atoms with E-state index < -0.39 is 0 Å². The Morgan fingerprint density at radius 1 is 1.09 bits per heavy atom. The molecule has 4 heteroatoms. The van der Waals surface area contributed by atoms with Crippen LogP contribution in [0.5, 0.6) is 0 Å². The van der Waals surface area contributed by atoms with E-state index in [0.29, 0.717) is 6.54 Å². The topological polar surface area (TPSA) is 26.0 Å². The van der Waals surface area contributed by atoms with Crippen molar-refractivity contribution >= 4 is 47.8 Å². The maximum Gasteiger partial charge on any atom is 0.0459 e. The Hall–Kier alpha value is 0.620. The lowest BCUT2D eigenvalue weighted by Gasteiger charge is -2.02. The highest BCUT2D eigenvalue weighted by Crippen LogP contribution is 2.31. The molecule has 0 unspecified atom stereocenters. The van der Waals surface area contributed by atoms with Crippen molar-refractivity contribution in [2.24, 2.45) is 5.73 Å². The lowest BCUT2D eigenvalue weighted by Crippen LogP contribution is -1.96. The molecule has 0 saturated heterocycles. The summed E-state index contributed by atoms with van der Waals surface area (Å²) in [7, 11) is 0. The molecule has 0 heterocycles. The van der Waals surface area contributed by atoms with Gasteiger partial charge >= 0.3 is 0 Å². The summed E-state index contributed by atoms with van der Waals surface area (Å²) in [5, 5.41) is 0. The summed E-state index contributed by atoms with van der Waals surface area (Å²) in [4.78, 5) is 0. The fourth-order valence-electron chi connectivity index (χ4n) is 0.726. The van der Waals surface area contributed by atoms with E-state index in [1.807, 2.05) is 12.1 Å². The molecular weight excluding hydrogens is 338 g/mol. The molecule has 11 heavy (non-hydrogen) atoms. The largest absolute Gasteiger partial charge is 0.326 e. The Balaban J connectivity index is 3.21. The van der Waals surface area contributed by atoms with Crippen LogP contribution in [0.4, 0.5) is 0 Å². The number of nitrogens with two attached hydrogens (primary N) is 1. The molecule has 0 aromatic heterocycles. The first-order chi connectivity index (χ1) is 5.15. The Bertz CT molecular complexity index is 249. The van der Waals surface area contributed by atoms with E-state index in [-0.39, 0.29) is 0 Å². The third-order valence-electron chi connectivity index (χ3n) is 1.28. The summed E-state index contributed by atoms with van der Waals surface area (Å²) in [6.45, 7) is 0.560. The molecule has 0 aliphatic rings. The van der Waals surface area contributed by atoms with Crippen molar-refractivity contribution in [3.8, 4) is 0 Å². The van der Waals surface area contributed by atoms with Crippen molar-refractivity contribution in [1.82, 2.24) is 0 Å². The third kappa shape index (κ3) is 2.28. The Kier molecular flexibility index (Phi) is 3.55. The Labute approximate surface area is 90.7 Å². The van der Waals surface area contributed by atoms with Crippen LogP contribution in [0, 0.1) is 0 Å². The van der Waals surface area contributed by atoms with Crippen molar-refractivity contribution in [2.45, 2.75) is 6.54 Å². The molecule has 0 bridgehead atoms. The standard InChI is InChI=1S/C7H6Br3N/c8-5-1-4(3-11)2-6(9)7(5)10/h1-2H,3,11H2. The summed E-state index contributed by atoms with van der Waals surface area (Å²) < 4.78 is 3.06. The highest BCUT2D eigenvalue weighted by Gasteiger charge is 2.02. The molecule has 0 aliphatic carbocycles. The van der Waals surface area contributed by atoms with Crippen LogP contribution < -0.4 is 5.73 Å². The van der Waals surface area contributed by atoms with Gasteiger partial charge in [-0.05, 0) is 65.5 Å². The van der Waals surface area contributed by atoms with Gasteiger partial charge in [-0.3, -0.25) is 0 Å². The van der Waals surface area contributed by atoms with E-state index in [1.165, 1.54) is 0 Å². The molecule has 1 aromatic carbocycles. The summed E-state index contributed by atoms with van der Waals surface area (Å²) >= 11 is 10.2. The number of hydrogen-bond acceptors (Lipinski definition) is 1. The highest BCUT2D eigenvalue weighted by atomic mass is 79.9. The molecule has 0 aliphatic heterocycles. The lowest BCUT2D eigenvalue weighted by atomic mass is 10.2. The molecule has 2 N–H and O–H groups in total. The van der Waals surface area contributed by atoms with Crippen LogP contribution in [-0.2, 0) is 6.54 Å². The predicted octanol–water partition coefficient (Wildman–Crippen LogP) is 3.43. The quantitative estimate of drug-likeness (QED) is 0.777. The number of hydrogen-bond donors (Lipinski definition) is 1. The molecule has 0 saturated carbocycles. The minimum Gasteiger partial charge on any atom is -0.326 e. The summed E-state index contributed by atoms with van der Waals surface area (Å²) in [5.74, 6) is 0. The second-order valence-electron chi connectivity index (χ2n) is 2.08. The average molecular weight is 344 g/mol. The Morgan fingerprint density at radius 2 is 1.55 bits per heavy atom. The molecule has 60 valence electrons. The van der Waals surface area contributed by atoms with Gasteiger partial charge in [-0.1, -0.05) is 0 Å². The first-order valence-corrected chi connectivity index (χ1v) is 5.36. The fraction of sp³-hybridized carbons (Fsp3) is 0.143. The van der Waals surface area contributed by atoms with Crippen LogP contribution >= 0.6 is 47.8 Å². The van der Waals surface area contributed by atoms with Gasteiger partial charge in [0.1, 0.15) is 0 Å². The number of halogens is 3. The SMILES string of the molecule is NCc1cc(Br)c(Br)c(Br)c1. The van der Waals surface area contributed by atoms with Crippen LogP contribution in [0.25, 0.3) is 0 Å². The normalized spacial score (nSPS) is 10.2. The first-order valence-electron chi connectivity index (χ1n) is 2.98. The third-order valence-corrected chi connectivity index (χ3v) is 4.45. The zero-order valence-electron chi connectivity index (χ0n) is 5.57. The van der Waals surface area contributed by atoms with Crippen LogP contribution in [0.1, 0.15) is 5.56 Å². The van der Waals surface area contributed by atoms with Crippen molar-refractivity contribution in [1.29, 1.82) is 0 Å². The van der Waals surface area contributed by atoms with Crippen LogP contribution in [0.15, 0.2) is 25.6 Å². The summed E-state index contributed by atoms with van der Waals surface area (Å²) in [6, 6.07) is 3.99. The maximum atomic E-state index is 5.48. The van der Waals surface area contributed by atoms with E-state index in [2.05, 4.69) is 47.8 Å². The van der Waals surface area contributed by atoms with Crippen molar-refractivity contribution < 1.29 is 0 Å². The van der Waals surface area contributed by atoms with Gasteiger partial charge in [-0.2, -0.15) is 0 Å². The minimum atomic E-state index is 0.560. The molecule has 0 spiro atoms. The van der Waals surface area contributed by atoms with Gasteiger partial charge in [-0.15, -0.1) is 0 Å². The molecule has 0 fully saturated rings. The van der Waals surface area contributed by atoms with Gasteiger partial charge in [0.2, 0.25) is 0 Å². The summed E-state index contributed by atoms with van der Waals surface area (Å²) in [5.41, 5.74) is 6.58. The van der Waals surface area contributed by atoms with Crippen molar-refractivity contribution in [3.05, 3.63) is 31.1 Å². The number of benzene rings is 1. The minimum absolute atomic E-state index is 0.560. The van der Waals surface area contributed by atoms with E-state index in [9.17, 15) is 0 Å². The predicted molar refractivity (Wildman–Crippen MR) is 57.4 cm³/mol. The van der Waals surface area contributed by atoms with Crippen molar-refractivity contribution in [2.75, 3.05) is 0 Å². The second kappa shape index (κ2) is 4.03. The van der Waals surface area contributed by atoms with Gasteiger partial charge in [0.25, 0.3) is 0 Å². The molecule has 1 aromatic rings. The maximum absolute atomic E-state index is 5.48. The lowest BCUT2D eigenvalue weighted by molar-refractivity contribution is 1.06. The van der Waals surface area contributed by atoms with Gasteiger partial charge in [0.05, 0.1) is 0 Å². The zero-order valence-corrected chi connectivity index (χ0v) is 10.3. The highest BCUT2D eigenvalue weighted by molar-refractivity contribution is 9.14. The van der Waals surface area contributed by atoms with Crippen LogP contribution in [0.2, 0.25) is 0 Å². The van der Waals surface area contributed by atoms with E-state index in [4.69, 9.17) is 5.73 Å². The fourth-order valence-corrected chi connectivity index (χ4v) is 2.24. The molecular formula is C7H6Br3N. The van der Waals surface area contributed by atoms with E-state index in [1.54, 1.807) is 0 Å². The number of rotatable bonds is 1. The molecule has 0 atom stereocenters. The Morgan fingerprint density at radius 3 is 1.91 bits per heavy atom. The van der Waals surface area contributed by atoms with Gasteiger partial charge < -0.3 is 5.73 Å². The second-order valence-corrected chi connectivity index (χ2v) is 4.58. The van der Waals surface area contributed by atoms with Gasteiger partial charge in [-0.25, -0.2) is 0 Å². The van der Waals surface area contributed by atoms with Crippen LogP contribution in [-0.4, -0.2) is 0 Å². The molecule has 0 radical (unpaired) electrons. The van der Waals surface area contributed by atoms with Gasteiger partial charge in [0, 0.05) is 20.0 Å². The van der Waals surface area contributed by atoms with E-state index >= 15 is 0 Å².